The lowest BCUT2D eigenvalue weighted by molar-refractivity contribution is 0.0600. The van der Waals surface area contributed by atoms with Crippen LogP contribution in [-0.4, -0.2) is 32.6 Å². The van der Waals surface area contributed by atoms with Crippen molar-refractivity contribution in [3.05, 3.63) is 70.2 Å². The predicted octanol–water partition coefficient (Wildman–Crippen LogP) is 3.65. The summed E-state index contributed by atoms with van der Waals surface area (Å²) >= 11 is 5.88. The molecule has 2 rings (SSSR count). The summed E-state index contributed by atoms with van der Waals surface area (Å²) in [7, 11) is 3.12. The molecular formula is C19H23ClIN3O2. The highest BCUT2D eigenvalue weighted by Gasteiger charge is 2.04. The fourth-order valence-corrected chi connectivity index (χ4v) is 2.39. The van der Waals surface area contributed by atoms with E-state index in [1.807, 2.05) is 36.4 Å². The van der Waals surface area contributed by atoms with E-state index in [9.17, 15) is 4.79 Å². The molecule has 0 spiro atoms. The SMILES string of the molecule is CN=C(NCCc1ccc(C(=O)OC)cc1)NCc1ccc(Cl)cc1.I. The van der Waals surface area contributed by atoms with Crippen LogP contribution in [0.4, 0.5) is 0 Å². The molecule has 0 aliphatic carbocycles. The van der Waals surface area contributed by atoms with Gasteiger partial charge in [0.2, 0.25) is 0 Å². The minimum atomic E-state index is -0.323. The van der Waals surface area contributed by atoms with E-state index in [2.05, 4.69) is 15.6 Å². The number of esters is 1. The molecule has 2 aromatic carbocycles. The highest BCUT2D eigenvalue weighted by Crippen LogP contribution is 2.09. The maximum atomic E-state index is 11.4. The molecule has 7 heteroatoms. The molecule has 0 atom stereocenters. The number of methoxy groups -OCH3 is 1. The zero-order valence-corrected chi connectivity index (χ0v) is 17.9. The van der Waals surface area contributed by atoms with Crippen LogP contribution in [0, 0.1) is 0 Å². The zero-order chi connectivity index (χ0) is 18.1. The number of benzene rings is 2. The Morgan fingerprint density at radius 3 is 2.23 bits per heavy atom. The zero-order valence-electron chi connectivity index (χ0n) is 14.8. The first-order valence-corrected chi connectivity index (χ1v) is 8.36. The Hall–Kier alpha value is -1.80. The molecule has 0 amide bonds. The molecule has 2 N–H and O–H groups in total. The van der Waals surface area contributed by atoms with Gasteiger partial charge in [0.05, 0.1) is 12.7 Å². The third-order valence-corrected chi connectivity index (χ3v) is 3.93. The smallest absolute Gasteiger partial charge is 0.337 e. The van der Waals surface area contributed by atoms with Gasteiger partial charge in [0.25, 0.3) is 0 Å². The average Bonchev–Trinajstić information content (AvgIpc) is 2.65. The van der Waals surface area contributed by atoms with Crippen molar-refractivity contribution in [3.63, 3.8) is 0 Å². The van der Waals surface area contributed by atoms with E-state index in [4.69, 9.17) is 16.3 Å². The summed E-state index contributed by atoms with van der Waals surface area (Å²) in [5.74, 6) is 0.414. The fourth-order valence-electron chi connectivity index (χ4n) is 2.26. The highest BCUT2D eigenvalue weighted by molar-refractivity contribution is 14.0. The molecule has 0 fully saturated rings. The van der Waals surface area contributed by atoms with Gasteiger partial charge in [0.1, 0.15) is 0 Å². The number of nitrogens with zero attached hydrogens (tertiary/aromatic N) is 1. The number of hydrogen-bond acceptors (Lipinski definition) is 3. The Morgan fingerprint density at radius 2 is 1.65 bits per heavy atom. The van der Waals surface area contributed by atoms with Gasteiger partial charge >= 0.3 is 5.97 Å². The Kier molecular flexibility index (Phi) is 10.0. The molecule has 0 aromatic heterocycles. The van der Waals surface area contributed by atoms with E-state index >= 15 is 0 Å². The number of guanidine groups is 1. The molecule has 26 heavy (non-hydrogen) atoms. The van der Waals surface area contributed by atoms with E-state index in [-0.39, 0.29) is 29.9 Å². The van der Waals surface area contributed by atoms with Crippen molar-refractivity contribution in [2.45, 2.75) is 13.0 Å². The quantitative estimate of drug-likeness (QED) is 0.283. The summed E-state index contributed by atoms with van der Waals surface area (Å²) in [6.45, 7) is 1.41. The second-order valence-electron chi connectivity index (χ2n) is 5.42. The van der Waals surface area contributed by atoms with Gasteiger partial charge in [0, 0.05) is 25.2 Å². The minimum Gasteiger partial charge on any atom is -0.465 e. The third kappa shape index (κ3) is 7.21. The maximum absolute atomic E-state index is 11.4. The van der Waals surface area contributed by atoms with Crippen LogP contribution in [-0.2, 0) is 17.7 Å². The normalized spacial score (nSPS) is 10.7. The summed E-state index contributed by atoms with van der Waals surface area (Å²) < 4.78 is 4.69. The summed E-state index contributed by atoms with van der Waals surface area (Å²) in [5.41, 5.74) is 2.82. The van der Waals surface area contributed by atoms with Crippen molar-refractivity contribution in [2.24, 2.45) is 4.99 Å². The van der Waals surface area contributed by atoms with Gasteiger partial charge in [-0.15, -0.1) is 24.0 Å². The lowest BCUT2D eigenvalue weighted by atomic mass is 10.1. The number of rotatable bonds is 6. The van der Waals surface area contributed by atoms with Crippen LogP contribution in [0.2, 0.25) is 5.02 Å². The van der Waals surface area contributed by atoms with E-state index in [0.29, 0.717) is 12.1 Å². The number of carbonyl (C=O) groups is 1. The first-order chi connectivity index (χ1) is 12.1. The molecule has 5 nitrogen and oxygen atoms in total. The monoisotopic (exact) mass is 487 g/mol. The van der Waals surface area contributed by atoms with Gasteiger partial charge in [-0.05, 0) is 41.8 Å². The minimum absolute atomic E-state index is 0. The number of nitrogens with one attached hydrogen (secondary N) is 2. The molecule has 0 unspecified atom stereocenters. The van der Waals surface area contributed by atoms with Gasteiger partial charge in [-0.1, -0.05) is 35.9 Å². The highest BCUT2D eigenvalue weighted by atomic mass is 127. The van der Waals surface area contributed by atoms with E-state index < -0.39 is 0 Å². The van der Waals surface area contributed by atoms with Crippen LogP contribution in [0.1, 0.15) is 21.5 Å². The van der Waals surface area contributed by atoms with E-state index in [0.717, 1.165) is 35.1 Å². The van der Waals surface area contributed by atoms with Crippen molar-refractivity contribution in [1.82, 2.24) is 10.6 Å². The predicted molar refractivity (Wildman–Crippen MR) is 117 cm³/mol. The van der Waals surface area contributed by atoms with Crippen LogP contribution < -0.4 is 10.6 Å². The molecule has 0 aliphatic rings. The molecule has 0 radical (unpaired) electrons. The topological polar surface area (TPSA) is 62.7 Å². The van der Waals surface area contributed by atoms with E-state index in [1.54, 1.807) is 19.2 Å². The Morgan fingerprint density at radius 1 is 1.04 bits per heavy atom. The van der Waals surface area contributed by atoms with Gasteiger partial charge < -0.3 is 15.4 Å². The summed E-state index contributed by atoms with van der Waals surface area (Å²) in [4.78, 5) is 15.6. The lowest BCUT2D eigenvalue weighted by Crippen LogP contribution is -2.37. The molecule has 2 aromatic rings. The molecule has 0 bridgehead atoms. The van der Waals surface area contributed by atoms with Crippen molar-refractivity contribution in [2.75, 3.05) is 20.7 Å². The van der Waals surface area contributed by atoms with E-state index in [1.165, 1.54) is 7.11 Å². The van der Waals surface area contributed by atoms with Crippen molar-refractivity contribution in [1.29, 1.82) is 0 Å². The van der Waals surface area contributed by atoms with Crippen LogP contribution >= 0.6 is 35.6 Å². The number of ether oxygens (including phenoxy) is 1. The number of aliphatic imine (C=N–C) groups is 1. The summed E-state index contributed by atoms with van der Waals surface area (Å²) in [6, 6.07) is 15.1. The first-order valence-electron chi connectivity index (χ1n) is 7.98. The number of halogens is 2. The lowest BCUT2D eigenvalue weighted by Gasteiger charge is -2.12. The van der Waals surface area contributed by atoms with Crippen molar-refractivity contribution < 1.29 is 9.53 Å². The molecule has 0 heterocycles. The Bertz CT molecular complexity index is 719. The summed E-state index contributed by atoms with van der Waals surface area (Å²) in [6.07, 6.45) is 0.823. The van der Waals surface area contributed by atoms with Crippen LogP contribution in [0.15, 0.2) is 53.5 Å². The first kappa shape index (κ1) is 22.2. The Labute approximate surface area is 176 Å². The van der Waals surface area contributed by atoms with Crippen LogP contribution in [0.3, 0.4) is 0 Å². The average molecular weight is 488 g/mol. The molecule has 0 saturated heterocycles. The van der Waals surface area contributed by atoms with Crippen LogP contribution in [0.25, 0.3) is 0 Å². The molecular weight excluding hydrogens is 465 g/mol. The van der Waals surface area contributed by atoms with Gasteiger partial charge in [-0.2, -0.15) is 0 Å². The number of carbonyl (C=O) groups excluding carboxylic acids is 1. The van der Waals surface area contributed by atoms with Crippen molar-refractivity contribution >= 4 is 47.5 Å². The number of hydrogen-bond donors (Lipinski definition) is 2. The molecule has 0 aliphatic heterocycles. The van der Waals surface area contributed by atoms with Gasteiger partial charge in [-0.3, -0.25) is 4.99 Å². The molecule has 0 saturated carbocycles. The maximum Gasteiger partial charge on any atom is 0.337 e. The van der Waals surface area contributed by atoms with Crippen LogP contribution in [0.5, 0.6) is 0 Å². The standard InChI is InChI=1S/C19H22ClN3O2.HI/c1-21-19(23-13-15-5-9-17(20)10-6-15)22-12-11-14-3-7-16(8-4-14)18(24)25-2;/h3-10H,11-13H2,1-2H3,(H2,21,22,23);1H. The van der Waals surface area contributed by atoms with Crippen molar-refractivity contribution in [3.8, 4) is 0 Å². The third-order valence-electron chi connectivity index (χ3n) is 3.68. The summed E-state index contributed by atoms with van der Waals surface area (Å²) in [5, 5.41) is 7.25. The Balaban J connectivity index is 0.00000338. The largest absolute Gasteiger partial charge is 0.465 e. The van der Waals surface area contributed by atoms with Gasteiger partial charge in [-0.25, -0.2) is 4.79 Å². The fraction of sp³-hybridized carbons (Fsp3) is 0.263. The molecule has 140 valence electrons. The van der Waals surface area contributed by atoms with Gasteiger partial charge in [0.15, 0.2) is 5.96 Å². The second kappa shape index (κ2) is 11.7. The second-order valence-corrected chi connectivity index (χ2v) is 5.85.